The molecule has 0 aromatic heterocycles. The molecule has 0 spiro atoms. The first kappa shape index (κ1) is 36.1. The fourth-order valence-electron chi connectivity index (χ4n) is 4.06. The van der Waals surface area contributed by atoms with Gasteiger partial charge in [-0.1, -0.05) is 72.4 Å². The van der Waals surface area contributed by atoms with Crippen molar-refractivity contribution < 1.29 is 36.1 Å². The number of hydrogen-bond acceptors (Lipinski definition) is 7. The Bertz CT molecular complexity index is 1100. The molecule has 2 heterocycles. The molecular weight excluding hydrogens is 592 g/mol. The first-order valence-electron chi connectivity index (χ1n) is 13.0. The van der Waals surface area contributed by atoms with Crippen LogP contribution < -0.4 is 0 Å². The molecule has 2 fully saturated rings. The molecule has 231 valence electrons. The molecule has 0 unspecified atom stereocenters. The second kappa shape index (κ2) is 19.3. The first-order valence-corrected chi connectivity index (χ1v) is 13.9. The summed E-state index contributed by atoms with van der Waals surface area (Å²) < 4.78 is 5.31. The van der Waals surface area contributed by atoms with Gasteiger partial charge < -0.3 is 27.0 Å². The maximum Gasteiger partial charge on any atom is -0.358 e. The van der Waals surface area contributed by atoms with E-state index in [4.69, 9.17) is 0.954 Å². The summed E-state index contributed by atoms with van der Waals surface area (Å²) in [5.41, 5.74) is 1.41. The maximum absolute atomic E-state index is 12.0. The van der Waals surface area contributed by atoms with E-state index in [1.807, 2.05) is 86.4 Å². The van der Waals surface area contributed by atoms with Gasteiger partial charge in [0, 0.05) is 31.8 Å². The number of urea groups is 2. The average molecular weight is 638 g/mol. The van der Waals surface area contributed by atoms with E-state index in [9.17, 15) is 19.2 Å². The Kier molecular flexibility index (Phi) is 17.0. The van der Waals surface area contributed by atoms with Gasteiger partial charge in [-0.3, -0.25) is 19.4 Å². The van der Waals surface area contributed by atoms with Crippen LogP contribution in [0.15, 0.2) is 60.7 Å². The number of amides is 4. The normalized spacial score (nSPS) is 15.7. The van der Waals surface area contributed by atoms with Gasteiger partial charge in [-0.25, -0.2) is 9.59 Å². The van der Waals surface area contributed by atoms with Gasteiger partial charge >= 0.3 is 30.0 Å². The van der Waals surface area contributed by atoms with Gasteiger partial charge in [0.15, 0.2) is 5.78 Å². The summed E-state index contributed by atoms with van der Waals surface area (Å²) >= 11 is 4.68. The number of thioether (sulfide) groups is 1. The number of carbonyl (C=O) groups is 4. The van der Waals surface area contributed by atoms with Crippen LogP contribution in [-0.4, -0.2) is 128 Å². The van der Waals surface area contributed by atoms with Gasteiger partial charge in [0.2, 0.25) is 5.12 Å². The zero-order chi connectivity index (χ0) is 30.9. The third-order valence-corrected chi connectivity index (χ3v) is 6.54. The average Bonchev–Trinajstić information content (AvgIpc) is 2.99. The minimum atomic E-state index is -0.0996. The summed E-state index contributed by atoms with van der Waals surface area (Å²) in [6.45, 7) is 5.46. The van der Waals surface area contributed by atoms with Crippen LogP contribution in [0.1, 0.15) is 27.6 Å². The number of hydrogen-bond donors (Lipinski definition) is 0. The molecule has 10 nitrogen and oxygen atoms in total. The van der Waals surface area contributed by atoms with Crippen molar-refractivity contribution in [2.24, 2.45) is 0 Å². The zero-order valence-corrected chi connectivity index (χ0v) is 26.8. The number of rotatable bonds is 5. The van der Waals surface area contributed by atoms with Gasteiger partial charge in [-0.05, 0) is 27.3 Å². The van der Waals surface area contributed by atoms with E-state index >= 15 is 0 Å². The summed E-state index contributed by atoms with van der Waals surface area (Å²) in [5.74, 6) is -0.0346. The van der Waals surface area contributed by atoms with E-state index < -0.39 is 0 Å². The summed E-state index contributed by atoms with van der Waals surface area (Å²) in [6, 6.07) is 18.3. The van der Waals surface area contributed by atoms with Crippen molar-refractivity contribution in [1.82, 2.24) is 29.4 Å². The third-order valence-electron chi connectivity index (χ3n) is 5.93. The summed E-state index contributed by atoms with van der Waals surface area (Å²) in [6.07, 6.45) is 1.79. The van der Waals surface area contributed by atoms with Gasteiger partial charge in [0.25, 0.3) is 0 Å². The van der Waals surface area contributed by atoms with Gasteiger partial charge in [-0.2, -0.15) is 0 Å². The Morgan fingerprint density at radius 2 is 1.17 bits per heavy atom. The molecule has 0 aliphatic carbocycles. The third kappa shape index (κ3) is 12.2. The standard InChI is InChI=1S/C13H17N3O2.C8H8OS.C7H15N3O.CH3.Cu.H/c1-14-9-15(2)13(18)16(10-14)8-12(17)11-6-4-3-5-7-11;1-10-8(9)7-5-3-2-4-6-7;1-4-10-6-8(2)5-9(3)7(10)11;;;/h3-7H,8-10H2,1-2H3;2-6H,1H3;4-6H2,1-3H3;1H3;;/q;;;-1;+1;/i;;;;;1+2. The summed E-state index contributed by atoms with van der Waals surface area (Å²) in [4.78, 5) is 57.0. The summed E-state index contributed by atoms with van der Waals surface area (Å²) in [5, 5.41) is 0.126. The van der Waals surface area contributed by atoms with Gasteiger partial charge in [0.05, 0.1) is 33.2 Å². The second-order valence-electron chi connectivity index (χ2n) is 9.44. The number of carbonyl (C=O) groups excluding carboxylic acids is 4. The monoisotopic (exact) mass is 637 g/mol. The van der Waals surface area contributed by atoms with Crippen molar-refractivity contribution in [1.29, 1.82) is 0.954 Å². The van der Waals surface area contributed by atoms with Crippen LogP contribution in [0, 0.1) is 7.43 Å². The molecule has 2 aromatic carbocycles. The Balaban J connectivity index is 0.000000608. The number of nitrogens with zero attached hydrogens (tertiary/aromatic N) is 6. The van der Waals surface area contributed by atoms with E-state index in [0.29, 0.717) is 18.9 Å². The molecule has 0 saturated carbocycles. The fourth-order valence-corrected chi connectivity index (χ4v) is 4.43. The molecule has 4 amide bonds. The Morgan fingerprint density at radius 3 is 1.61 bits per heavy atom. The van der Waals surface area contributed by atoms with E-state index in [1.54, 1.807) is 40.1 Å². The molecular formula is C29H44CuN6O4S. The zero-order valence-electron chi connectivity index (χ0n) is 26.0. The SMILES string of the molecule is CCN1CN(C)CN(C)C1=O.CN1CN(C)C(=O)N(CC(=O)c2ccccc2)C1.CSC(=O)c1ccccc1.[3H][Cu+].[CH3-]. The maximum atomic E-state index is 12.0. The van der Waals surface area contributed by atoms with Crippen LogP contribution in [0.2, 0.25) is 0 Å². The van der Waals surface area contributed by atoms with Crippen LogP contribution in [0.5, 0.6) is 0 Å². The molecule has 4 rings (SSSR count). The van der Waals surface area contributed by atoms with Crippen molar-refractivity contribution in [2.75, 3.05) is 74.2 Å². The molecule has 2 saturated heterocycles. The van der Waals surface area contributed by atoms with Crippen molar-refractivity contribution in [3.8, 4) is 0 Å². The molecule has 2 aliphatic heterocycles. The van der Waals surface area contributed by atoms with Crippen molar-refractivity contribution in [3.05, 3.63) is 79.2 Å². The van der Waals surface area contributed by atoms with E-state index in [-0.39, 0.29) is 36.9 Å². The molecule has 0 radical (unpaired) electrons. The molecule has 41 heavy (non-hydrogen) atoms. The second-order valence-corrected chi connectivity index (χ2v) is 10.2. The minimum Gasteiger partial charge on any atom is -0.358 e. The Hall–Kier alpha value is -2.89. The van der Waals surface area contributed by atoms with Crippen molar-refractivity contribution in [2.45, 2.75) is 6.92 Å². The van der Waals surface area contributed by atoms with Crippen LogP contribution >= 0.6 is 11.8 Å². The first-order chi connectivity index (χ1) is 19.6. The van der Waals surface area contributed by atoms with E-state index in [2.05, 4.69) is 21.8 Å². The van der Waals surface area contributed by atoms with E-state index in [0.717, 1.165) is 25.4 Å². The Labute approximate surface area is 261 Å². The molecule has 0 atom stereocenters. The number of ketones is 1. The number of benzene rings is 2. The predicted molar refractivity (Wildman–Crippen MR) is 163 cm³/mol. The van der Waals surface area contributed by atoms with Crippen molar-refractivity contribution >= 4 is 34.7 Å². The van der Waals surface area contributed by atoms with Crippen LogP contribution in [0.4, 0.5) is 9.59 Å². The van der Waals surface area contributed by atoms with E-state index in [1.165, 1.54) is 11.8 Å². The molecule has 12 heteroatoms. The smallest absolute Gasteiger partial charge is 0.358 e. The predicted octanol–water partition coefficient (Wildman–Crippen LogP) is 3.67. The molecule has 2 aromatic rings. The minimum absolute atomic E-state index is 0. The largest absolute Gasteiger partial charge is 0.358 e. The quantitative estimate of drug-likeness (QED) is 0.281. The molecule has 0 bridgehead atoms. The van der Waals surface area contributed by atoms with Gasteiger partial charge in [-0.15, -0.1) is 0 Å². The molecule has 0 N–H and O–H groups in total. The van der Waals surface area contributed by atoms with Crippen molar-refractivity contribution in [3.63, 3.8) is 0 Å². The number of Topliss-reactive ketones (excluding diaryl/α,β-unsaturated/α-hetero) is 1. The van der Waals surface area contributed by atoms with Crippen LogP contribution in [-0.2, 0) is 16.9 Å². The summed E-state index contributed by atoms with van der Waals surface area (Å²) in [7, 11) is 7.48. The van der Waals surface area contributed by atoms with Crippen LogP contribution in [0.25, 0.3) is 0 Å². The topological polar surface area (TPSA) is 87.7 Å². The van der Waals surface area contributed by atoms with Crippen LogP contribution in [0.3, 0.4) is 0 Å². The molecule has 2 aliphatic rings. The Morgan fingerprint density at radius 1 is 0.756 bits per heavy atom. The fraction of sp³-hybridized carbons (Fsp3) is 0.414. The van der Waals surface area contributed by atoms with Gasteiger partial charge in [0.1, 0.15) is 0 Å².